The summed E-state index contributed by atoms with van der Waals surface area (Å²) in [5, 5.41) is 23.1. The van der Waals surface area contributed by atoms with Gasteiger partial charge in [-0.25, -0.2) is 4.79 Å². The molecule has 7 nitrogen and oxygen atoms in total. The third-order valence-electron chi connectivity index (χ3n) is 11.1. The van der Waals surface area contributed by atoms with Crippen LogP contribution in [-0.2, 0) is 23.9 Å². The highest BCUT2D eigenvalue weighted by atomic mass is 16.6. The van der Waals surface area contributed by atoms with Gasteiger partial charge in [0.2, 0.25) is 0 Å². The molecule has 212 valence electrons. The van der Waals surface area contributed by atoms with Crippen molar-refractivity contribution in [2.75, 3.05) is 0 Å². The van der Waals surface area contributed by atoms with E-state index >= 15 is 0 Å². The molecule has 4 saturated carbocycles. The topological polar surface area (TPSA) is 110 Å². The maximum absolute atomic E-state index is 13.4. The van der Waals surface area contributed by atoms with Gasteiger partial charge in [-0.1, -0.05) is 44.2 Å². The van der Waals surface area contributed by atoms with Crippen molar-refractivity contribution in [3.05, 3.63) is 42.0 Å². The van der Waals surface area contributed by atoms with E-state index in [1.807, 2.05) is 37.3 Å². The van der Waals surface area contributed by atoms with Gasteiger partial charge >= 0.3 is 11.9 Å². The Bertz CT molecular complexity index is 1150. The Morgan fingerprint density at radius 2 is 1.69 bits per heavy atom. The van der Waals surface area contributed by atoms with E-state index in [9.17, 15) is 24.6 Å². The maximum Gasteiger partial charge on any atom is 0.331 e. The molecule has 4 aliphatic rings. The third kappa shape index (κ3) is 4.46. The van der Waals surface area contributed by atoms with E-state index in [1.54, 1.807) is 6.08 Å². The molecule has 0 saturated heterocycles. The number of carbonyl (C=O) groups excluding carboxylic acids is 3. The molecule has 0 radical (unpaired) electrons. The Balaban J connectivity index is 1.61. The summed E-state index contributed by atoms with van der Waals surface area (Å²) in [5.74, 6) is -1.98. The Morgan fingerprint density at radius 1 is 0.974 bits per heavy atom. The van der Waals surface area contributed by atoms with Gasteiger partial charge < -0.3 is 19.7 Å². The lowest BCUT2D eigenvalue weighted by molar-refractivity contribution is -0.290. The number of hydrogen-bond acceptors (Lipinski definition) is 7. The van der Waals surface area contributed by atoms with E-state index in [0.717, 1.165) is 18.4 Å². The average molecular weight is 539 g/mol. The molecule has 7 heteroatoms. The van der Waals surface area contributed by atoms with Gasteiger partial charge in [0, 0.05) is 30.3 Å². The van der Waals surface area contributed by atoms with Crippen molar-refractivity contribution >= 4 is 23.8 Å². The van der Waals surface area contributed by atoms with E-state index in [-0.39, 0.29) is 35.1 Å². The average Bonchev–Trinajstić information content (AvgIpc) is 3.17. The Labute approximate surface area is 231 Å². The van der Waals surface area contributed by atoms with E-state index in [1.165, 1.54) is 19.9 Å². The summed E-state index contributed by atoms with van der Waals surface area (Å²) in [6.45, 7) is 6.90. The lowest BCUT2D eigenvalue weighted by Crippen LogP contribution is -2.73. The van der Waals surface area contributed by atoms with Crippen molar-refractivity contribution in [1.29, 1.82) is 0 Å². The molecule has 0 aliphatic heterocycles. The zero-order valence-corrected chi connectivity index (χ0v) is 23.5. The van der Waals surface area contributed by atoms with Crippen LogP contribution in [0.2, 0.25) is 0 Å². The highest BCUT2D eigenvalue weighted by molar-refractivity contribution is 5.87. The summed E-state index contributed by atoms with van der Waals surface area (Å²) in [4.78, 5) is 38.9. The predicted octanol–water partition coefficient (Wildman–Crippen LogP) is 4.49. The minimum absolute atomic E-state index is 0.0567. The molecular weight excluding hydrogens is 496 g/mol. The van der Waals surface area contributed by atoms with Crippen LogP contribution in [-0.4, -0.2) is 51.8 Å². The van der Waals surface area contributed by atoms with Crippen LogP contribution in [0.4, 0.5) is 0 Å². The molecule has 0 heterocycles. The number of ketones is 1. The Kier molecular flexibility index (Phi) is 7.30. The van der Waals surface area contributed by atoms with Gasteiger partial charge in [-0.2, -0.15) is 0 Å². The normalized spacial score (nSPS) is 43.2. The number of rotatable bonds is 5. The van der Waals surface area contributed by atoms with E-state index in [0.29, 0.717) is 32.1 Å². The van der Waals surface area contributed by atoms with Crippen LogP contribution >= 0.6 is 0 Å². The molecule has 1 aromatic rings. The van der Waals surface area contributed by atoms with Gasteiger partial charge in [-0.3, -0.25) is 9.59 Å². The largest absolute Gasteiger partial charge is 0.458 e. The van der Waals surface area contributed by atoms with Crippen LogP contribution in [0.15, 0.2) is 36.4 Å². The Hall–Kier alpha value is -2.51. The van der Waals surface area contributed by atoms with E-state index < -0.39 is 41.1 Å². The summed E-state index contributed by atoms with van der Waals surface area (Å²) in [6, 6.07) is 9.45. The minimum Gasteiger partial charge on any atom is -0.458 e. The van der Waals surface area contributed by atoms with E-state index in [4.69, 9.17) is 9.47 Å². The molecule has 0 amide bonds. The fourth-order valence-electron chi connectivity index (χ4n) is 9.27. The fraction of sp³-hybridized carbons (Fsp3) is 0.656. The highest BCUT2D eigenvalue weighted by Gasteiger charge is 2.75. The zero-order valence-electron chi connectivity index (χ0n) is 23.5. The van der Waals surface area contributed by atoms with Crippen molar-refractivity contribution in [2.24, 2.45) is 34.5 Å². The van der Waals surface area contributed by atoms with Crippen LogP contribution in [0.3, 0.4) is 0 Å². The van der Waals surface area contributed by atoms with Gasteiger partial charge in [0.1, 0.15) is 18.0 Å². The molecule has 1 aromatic carbocycles. The first-order valence-electron chi connectivity index (χ1n) is 14.4. The molecule has 0 aromatic heterocycles. The molecule has 4 aliphatic carbocycles. The van der Waals surface area contributed by atoms with Gasteiger partial charge in [0.05, 0.1) is 11.7 Å². The van der Waals surface area contributed by atoms with Gasteiger partial charge in [0.25, 0.3) is 0 Å². The first kappa shape index (κ1) is 28.0. The van der Waals surface area contributed by atoms with Crippen molar-refractivity contribution in [1.82, 2.24) is 0 Å². The molecule has 10 atom stereocenters. The van der Waals surface area contributed by atoms with Crippen molar-refractivity contribution in [2.45, 2.75) is 96.6 Å². The predicted molar refractivity (Wildman–Crippen MR) is 145 cm³/mol. The summed E-state index contributed by atoms with van der Waals surface area (Å²) in [5.41, 5.74) is -1.83. The van der Waals surface area contributed by atoms with Crippen LogP contribution in [0.25, 0.3) is 6.08 Å². The number of fused-ring (bicyclic) bond motifs is 5. The third-order valence-corrected chi connectivity index (χ3v) is 11.1. The lowest BCUT2D eigenvalue weighted by Gasteiger charge is -2.66. The Morgan fingerprint density at radius 3 is 2.36 bits per heavy atom. The first-order chi connectivity index (χ1) is 18.4. The standard InChI is InChI=1S/C32H42O7/c1-19(33)24-15-17-32(37)25-12-11-22-18-23(35)14-16-30(22,3)27(25)28(29(31(24,32)4)38-20(2)34)39-26(36)13-10-21-8-6-5-7-9-21/h5-10,13,22-25,27-29,35,37H,11-12,14-18H2,1-4H3. The minimum atomic E-state index is -1.25. The quantitative estimate of drug-likeness (QED) is 0.420. The van der Waals surface area contributed by atoms with E-state index in [2.05, 4.69) is 6.92 Å². The smallest absolute Gasteiger partial charge is 0.331 e. The van der Waals surface area contributed by atoms with Crippen LogP contribution in [0, 0.1) is 34.5 Å². The van der Waals surface area contributed by atoms with Gasteiger partial charge in [0.15, 0.2) is 0 Å². The lowest BCUT2D eigenvalue weighted by atomic mass is 9.41. The SMILES string of the molecule is CC(=O)OC1C(OC(=O)C=Cc2ccccc2)C2C(CCC3CC(O)CCC32C)C2(O)CCC(C(C)=O)C12C. The monoisotopic (exact) mass is 538 g/mol. The fourth-order valence-corrected chi connectivity index (χ4v) is 9.27. The summed E-state index contributed by atoms with van der Waals surface area (Å²) < 4.78 is 12.3. The number of benzene rings is 1. The number of aliphatic hydroxyl groups is 2. The number of carbonyl (C=O) groups is 3. The van der Waals surface area contributed by atoms with Crippen molar-refractivity contribution < 1.29 is 34.1 Å². The molecule has 0 spiro atoms. The van der Waals surface area contributed by atoms with Gasteiger partial charge in [-0.05, 0) is 80.8 Å². The maximum atomic E-state index is 13.4. The zero-order chi connectivity index (χ0) is 28.2. The van der Waals surface area contributed by atoms with Crippen LogP contribution < -0.4 is 0 Å². The number of esters is 2. The number of aliphatic hydroxyl groups excluding tert-OH is 1. The number of ether oxygens (including phenoxy) is 2. The highest BCUT2D eigenvalue weighted by Crippen LogP contribution is 2.70. The number of Topliss-reactive ketones (excluding diaryl/α,β-unsaturated/α-hetero) is 1. The van der Waals surface area contributed by atoms with Crippen molar-refractivity contribution in [3.63, 3.8) is 0 Å². The molecule has 10 unspecified atom stereocenters. The second kappa shape index (κ2) is 10.2. The second-order valence-corrected chi connectivity index (χ2v) is 12.9. The van der Waals surface area contributed by atoms with Crippen molar-refractivity contribution in [3.8, 4) is 0 Å². The second-order valence-electron chi connectivity index (χ2n) is 12.9. The molecule has 4 fully saturated rings. The van der Waals surface area contributed by atoms with Crippen LogP contribution in [0.1, 0.15) is 78.2 Å². The molecule has 0 bridgehead atoms. The summed E-state index contributed by atoms with van der Waals surface area (Å²) in [7, 11) is 0. The van der Waals surface area contributed by atoms with Gasteiger partial charge in [-0.15, -0.1) is 0 Å². The molecule has 5 rings (SSSR count). The summed E-state index contributed by atoms with van der Waals surface area (Å²) >= 11 is 0. The first-order valence-corrected chi connectivity index (χ1v) is 14.4. The molecule has 2 N–H and O–H groups in total. The molecule has 39 heavy (non-hydrogen) atoms. The molecular formula is C32H42O7. The summed E-state index contributed by atoms with van der Waals surface area (Å²) in [6.07, 6.45) is 5.41. The van der Waals surface area contributed by atoms with Crippen LogP contribution in [0.5, 0.6) is 0 Å². The number of hydrogen-bond donors (Lipinski definition) is 2.